The number of hydrogen-bond acceptors (Lipinski definition) is 3. The summed E-state index contributed by atoms with van der Waals surface area (Å²) in [6, 6.07) is 10.7. The zero-order chi connectivity index (χ0) is 14.4. The van der Waals surface area contributed by atoms with E-state index in [2.05, 4.69) is 11.8 Å². The number of aliphatic hydroxyl groups is 1. The van der Waals surface area contributed by atoms with Crippen LogP contribution in [0.2, 0.25) is 0 Å². The summed E-state index contributed by atoms with van der Waals surface area (Å²) in [4.78, 5) is 0. The summed E-state index contributed by atoms with van der Waals surface area (Å²) in [6.45, 7) is -0.0170. The van der Waals surface area contributed by atoms with Gasteiger partial charge in [0.25, 0.3) is 0 Å². The Morgan fingerprint density at radius 1 is 1.10 bits per heavy atom. The molecule has 0 bridgehead atoms. The smallest absolute Gasteiger partial charge is 0.128 e. The monoisotopic (exact) mass is 272 g/mol. The van der Waals surface area contributed by atoms with Crippen LogP contribution in [-0.2, 0) is 6.61 Å². The minimum atomic E-state index is -0.449. The van der Waals surface area contributed by atoms with Gasteiger partial charge in [0.2, 0.25) is 0 Å². The molecule has 0 fully saturated rings. The van der Waals surface area contributed by atoms with Crippen molar-refractivity contribution in [3.63, 3.8) is 0 Å². The van der Waals surface area contributed by atoms with Gasteiger partial charge in [0, 0.05) is 11.6 Å². The molecule has 0 heterocycles. The lowest BCUT2D eigenvalue weighted by Gasteiger charge is -2.07. The number of benzene rings is 2. The van der Waals surface area contributed by atoms with E-state index in [1.807, 2.05) is 0 Å². The first-order chi connectivity index (χ1) is 9.67. The maximum Gasteiger partial charge on any atom is 0.128 e. The Hall–Kier alpha value is -2.51. The molecule has 2 rings (SSSR count). The van der Waals surface area contributed by atoms with Crippen molar-refractivity contribution in [1.29, 1.82) is 0 Å². The Kier molecular flexibility index (Phi) is 4.59. The van der Waals surface area contributed by atoms with Crippen LogP contribution in [-0.4, -0.2) is 16.8 Å². The molecule has 0 aliphatic carbocycles. The number of rotatable bonds is 3. The third-order valence-electron chi connectivity index (χ3n) is 2.52. The van der Waals surface area contributed by atoms with E-state index in [0.717, 1.165) is 5.56 Å². The first-order valence-electron chi connectivity index (χ1n) is 5.98. The Bertz CT molecular complexity index is 639. The second-order valence-corrected chi connectivity index (χ2v) is 4.09. The highest BCUT2D eigenvalue weighted by Gasteiger charge is 2.01. The van der Waals surface area contributed by atoms with Gasteiger partial charge in [-0.3, -0.25) is 0 Å². The van der Waals surface area contributed by atoms with Crippen molar-refractivity contribution in [1.82, 2.24) is 0 Å². The van der Waals surface area contributed by atoms with Crippen molar-refractivity contribution in [2.75, 3.05) is 6.61 Å². The maximum absolute atomic E-state index is 13.4. The average Bonchev–Trinajstić information content (AvgIpc) is 2.44. The van der Waals surface area contributed by atoms with Crippen LogP contribution < -0.4 is 4.74 Å². The molecule has 102 valence electrons. The lowest BCUT2D eigenvalue weighted by Crippen LogP contribution is -1.96. The van der Waals surface area contributed by atoms with Gasteiger partial charge >= 0.3 is 0 Å². The fraction of sp³-hybridized carbons (Fsp3) is 0.125. The molecule has 0 aliphatic rings. The second-order valence-electron chi connectivity index (χ2n) is 4.09. The fourth-order valence-corrected chi connectivity index (χ4v) is 1.62. The van der Waals surface area contributed by atoms with Gasteiger partial charge in [-0.05, 0) is 29.8 Å². The summed E-state index contributed by atoms with van der Waals surface area (Å²) in [5, 5.41) is 17.8. The Balaban J connectivity index is 2.09. The molecule has 0 aromatic heterocycles. The van der Waals surface area contributed by atoms with Gasteiger partial charge in [0.1, 0.15) is 30.5 Å². The zero-order valence-electron chi connectivity index (χ0n) is 10.6. The van der Waals surface area contributed by atoms with Gasteiger partial charge in [-0.1, -0.05) is 24.0 Å². The third kappa shape index (κ3) is 4.01. The van der Waals surface area contributed by atoms with Crippen LogP contribution in [0, 0.1) is 17.7 Å². The standard InChI is InChI=1S/C16H13FO3/c17-14-8-13(2-1-7-18)9-16(10-14)20-11-12-3-5-15(19)6-4-12/h3-6,8-10,18-19H,7,11H2. The van der Waals surface area contributed by atoms with E-state index in [4.69, 9.17) is 9.84 Å². The highest BCUT2D eigenvalue weighted by atomic mass is 19.1. The molecule has 0 saturated heterocycles. The highest BCUT2D eigenvalue weighted by molar-refractivity contribution is 5.40. The lowest BCUT2D eigenvalue weighted by atomic mass is 10.2. The molecule has 2 aromatic rings. The molecule has 0 unspecified atom stereocenters. The highest BCUT2D eigenvalue weighted by Crippen LogP contribution is 2.18. The second kappa shape index (κ2) is 6.60. The predicted octanol–water partition coefficient (Wildman–Crippen LogP) is 2.45. The van der Waals surface area contributed by atoms with Crippen LogP contribution in [0.15, 0.2) is 42.5 Å². The quantitative estimate of drug-likeness (QED) is 0.844. The number of aromatic hydroxyl groups is 1. The van der Waals surface area contributed by atoms with E-state index in [0.29, 0.717) is 11.3 Å². The predicted molar refractivity (Wildman–Crippen MR) is 72.8 cm³/mol. The number of hydrogen-bond donors (Lipinski definition) is 2. The molecule has 0 atom stereocenters. The van der Waals surface area contributed by atoms with E-state index in [9.17, 15) is 9.50 Å². The van der Waals surface area contributed by atoms with Gasteiger partial charge in [-0.15, -0.1) is 0 Å². The van der Waals surface area contributed by atoms with Crippen LogP contribution in [0.25, 0.3) is 0 Å². The third-order valence-corrected chi connectivity index (χ3v) is 2.52. The van der Waals surface area contributed by atoms with Crippen LogP contribution in [0.4, 0.5) is 4.39 Å². The van der Waals surface area contributed by atoms with Crippen LogP contribution in [0.5, 0.6) is 11.5 Å². The first-order valence-corrected chi connectivity index (χ1v) is 5.98. The summed E-state index contributed by atoms with van der Waals surface area (Å²) in [6.07, 6.45) is 0. The number of aliphatic hydroxyl groups excluding tert-OH is 1. The molecule has 4 heteroatoms. The van der Waals surface area contributed by atoms with Crippen LogP contribution in [0.3, 0.4) is 0 Å². The molecule has 0 aliphatic heterocycles. The summed E-state index contributed by atoms with van der Waals surface area (Å²) >= 11 is 0. The summed E-state index contributed by atoms with van der Waals surface area (Å²) in [7, 11) is 0. The van der Waals surface area contributed by atoms with Crippen molar-refractivity contribution in [3.05, 3.63) is 59.4 Å². The number of phenols is 1. The number of ether oxygens (including phenoxy) is 1. The molecular weight excluding hydrogens is 259 g/mol. The Labute approximate surface area is 116 Å². The van der Waals surface area contributed by atoms with Crippen LogP contribution >= 0.6 is 0 Å². The van der Waals surface area contributed by atoms with E-state index in [-0.39, 0.29) is 19.0 Å². The average molecular weight is 272 g/mol. The molecule has 2 N–H and O–H groups in total. The zero-order valence-corrected chi connectivity index (χ0v) is 10.6. The van der Waals surface area contributed by atoms with Crippen molar-refractivity contribution >= 4 is 0 Å². The minimum absolute atomic E-state index is 0.182. The van der Waals surface area contributed by atoms with Crippen molar-refractivity contribution in [2.24, 2.45) is 0 Å². The SMILES string of the molecule is OCC#Cc1cc(F)cc(OCc2ccc(O)cc2)c1. The molecule has 0 spiro atoms. The lowest BCUT2D eigenvalue weighted by molar-refractivity contribution is 0.304. The molecule has 0 radical (unpaired) electrons. The van der Waals surface area contributed by atoms with Crippen molar-refractivity contribution in [2.45, 2.75) is 6.61 Å². The van der Waals surface area contributed by atoms with Crippen molar-refractivity contribution < 1.29 is 19.3 Å². The topological polar surface area (TPSA) is 49.7 Å². The molecule has 3 nitrogen and oxygen atoms in total. The van der Waals surface area contributed by atoms with E-state index >= 15 is 0 Å². The number of halogens is 1. The molecule has 2 aromatic carbocycles. The Morgan fingerprint density at radius 2 is 1.85 bits per heavy atom. The summed E-state index contributed by atoms with van der Waals surface area (Å²) < 4.78 is 18.9. The normalized spacial score (nSPS) is 9.70. The Morgan fingerprint density at radius 3 is 2.55 bits per heavy atom. The minimum Gasteiger partial charge on any atom is -0.508 e. The molecule has 20 heavy (non-hydrogen) atoms. The molecular formula is C16H13FO3. The first kappa shape index (κ1) is 13.9. The summed E-state index contributed by atoms with van der Waals surface area (Å²) in [5.74, 6) is 5.18. The number of phenolic OH excluding ortho intramolecular Hbond substituents is 1. The van der Waals surface area contributed by atoms with Gasteiger partial charge in [0.15, 0.2) is 0 Å². The molecule has 0 saturated carbocycles. The van der Waals surface area contributed by atoms with E-state index < -0.39 is 5.82 Å². The maximum atomic E-state index is 13.4. The molecule has 0 amide bonds. The van der Waals surface area contributed by atoms with Gasteiger partial charge in [-0.25, -0.2) is 4.39 Å². The van der Waals surface area contributed by atoms with Gasteiger partial charge in [-0.2, -0.15) is 0 Å². The van der Waals surface area contributed by atoms with Gasteiger partial charge in [0.05, 0.1) is 0 Å². The van der Waals surface area contributed by atoms with E-state index in [1.165, 1.54) is 12.1 Å². The van der Waals surface area contributed by atoms with Crippen LogP contribution in [0.1, 0.15) is 11.1 Å². The largest absolute Gasteiger partial charge is 0.508 e. The fourth-order valence-electron chi connectivity index (χ4n) is 1.62. The van der Waals surface area contributed by atoms with Crippen molar-refractivity contribution in [3.8, 4) is 23.3 Å². The van der Waals surface area contributed by atoms with E-state index in [1.54, 1.807) is 30.3 Å². The van der Waals surface area contributed by atoms with Gasteiger partial charge < -0.3 is 14.9 Å². The summed E-state index contributed by atoms with van der Waals surface area (Å²) in [5.41, 5.74) is 1.30.